The normalized spacial score (nSPS) is 10.6. The topological polar surface area (TPSA) is 36.0 Å². The predicted molar refractivity (Wildman–Crippen MR) is 39.9 cm³/mol. The van der Waals surface area contributed by atoms with Gasteiger partial charge in [-0.1, -0.05) is 0 Å². The Morgan fingerprint density at radius 3 is 3.00 bits per heavy atom. The van der Waals surface area contributed by atoms with Crippen molar-refractivity contribution in [1.82, 2.24) is 4.98 Å². The zero-order chi connectivity index (χ0) is 7.84. The number of aromatic amines is 1. The average molecular weight is 151 g/mol. The molecular weight excluding hydrogens is 145 g/mol. The van der Waals surface area contributed by atoms with Crippen LogP contribution in [0.25, 0.3) is 10.9 Å². The van der Waals surface area contributed by atoms with Crippen LogP contribution in [-0.4, -0.2) is 10.1 Å². The molecule has 1 heterocycles. The van der Waals surface area contributed by atoms with Crippen molar-refractivity contribution in [2.24, 2.45) is 0 Å². The lowest BCUT2D eigenvalue weighted by molar-refractivity contribution is 0.433. The fourth-order valence-corrected chi connectivity index (χ4v) is 1.06. The number of hydrogen-bond acceptors (Lipinski definition) is 1. The molecule has 0 amide bonds. The molecule has 0 aliphatic rings. The number of fused-ring (bicyclic) bond motifs is 1. The number of rotatable bonds is 0. The lowest BCUT2D eigenvalue weighted by Gasteiger charge is -1.93. The first-order valence-electron chi connectivity index (χ1n) is 3.23. The Morgan fingerprint density at radius 2 is 2.18 bits per heavy atom. The molecule has 0 radical (unpaired) electrons. The average Bonchev–Trinajstić information content (AvgIpc) is 2.36. The summed E-state index contributed by atoms with van der Waals surface area (Å²) in [6.45, 7) is 0. The minimum absolute atomic E-state index is 0.319. The van der Waals surface area contributed by atoms with Crippen LogP contribution in [0.2, 0.25) is 0 Å². The second-order valence-electron chi connectivity index (χ2n) is 2.37. The van der Waals surface area contributed by atoms with E-state index in [9.17, 15) is 4.39 Å². The molecule has 0 unspecified atom stereocenters. The Kier molecular flexibility index (Phi) is 1.12. The summed E-state index contributed by atoms with van der Waals surface area (Å²) in [5, 5.41) is 9.70. The minimum Gasteiger partial charge on any atom is -0.505 e. The summed E-state index contributed by atoms with van der Waals surface area (Å²) in [7, 11) is 0. The van der Waals surface area contributed by atoms with Crippen LogP contribution in [0.3, 0.4) is 0 Å². The van der Waals surface area contributed by atoms with E-state index in [0.29, 0.717) is 0 Å². The third-order valence-electron chi connectivity index (χ3n) is 1.62. The van der Waals surface area contributed by atoms with Crippen molar-refractivity contribution in [3.63, 3.8) is 0 Å². The molecule has 0 spiro atoms. The first-order chi connectivity index (χ1) is 5.27. The van der Waals surface area contributed by atoms with Gasteiger partial charge >= 0.3 is 0 Å². The van der Waals surface area contributed by atoms with Crippen molar-refractivity contribution in [3.8, 4) is 5.75 Å². The monoisotopic (exact) mass is 151 g/mol. The second-order valence-corrected chi connectivity index (χ2v) is 2.37. The van der Waals surface area contributed by atoms with Crippen LogP contribution in [0.1, 0.15) is 0 Å². The summed E-state index contributed by atoms with van der Waals surface area (Å²) in [5.41, 5.74) is 0.740. The van der Waals surface area contributed by atoms with Crippen LogP contribution < -0.4 is 0 Å². The highest BCUT2D eigenvalue weighted by Crippen LogP contribution is 2.21. The number of benzene rings is 1. The van der Waals surface area contributed by atoms with E-state index in [1.807, 2.05) is 0 Å². The number of H-pyrrole nitrogens is 1. The van der Waals surface area contributed by atoms with Crippen molar-refractivity contribution in [2.75, 3.05) is 0 Å². The molecule has 0 aliphatic heterocycles. The molecule has 56 valence electrons. The fraction of sp³-hybridized carbons (Fsp3) is 0. The third kappa shape index (κ3) is 0.852. The summed E-state index contributed by atoms with van der Waals surface area (Å²) in [4.78, 5) is 2.86. The molecule has 1 aromatic heterocycles. The summed E-state index contributed by atoms with van der Waals surface area (Å²) >= 11 is 0. The quantitative estimate of drug-likeness (QED) is 0.593. The van der Waals surface area contributed by atoms with Crippen molar-refractivity contribution >= 4 is 10.9 Å². The molecule has 2 nitrogen and oxygen atoms in total. The van der Waals surface area contributed by atoms with Gasteiger partial charge in [-0.3, -0.25) is 0 Å². The van der Waals surface area contributed by atoms with Crippen LogP contribution in [0.4, 0.5) is 4.39 Å². The molecule has 0 aliphatic carbocycles. The van der Waals surface area contributed by atoms with E-state index in [1.165, 1.54) is 12.1 Å². The van der Waals surface area contributed by atoms with E-state index in [2.05, 4.69) is 4.98 Å². The summed E-state index contributed by atoms with van der Waals surface area (Å²) in [5.74, 6) is -0.906. The Morgan fingerprint density at radius 1 is 1.36 bits per heavy atom. The minimum atomic E-state index is -0.586. The van der Waals surface area contributed by atoms with Gasteiger partial charge in [0, 0.05) is 23.2 Å². The molecule has 0 bridgehead atoms. The van der Waals surface area contributed by atoms with Crippen LogP contribution in [0.5, 0.6) is 5.75 Å². The first-order valence-corrected chi connectivity index (χ1v) is 3.23. The lowest BCUT2D eigenvalue weighted by Crippen LogP contribution is -1.75. The number of aromatic nitrogens is 1. The smallest absolute Gasteiger partial charge is 0.165 e. The van der Waals surface area contributed by atoms with Crippen molar-refractivity contribution in [2.45, 2.75) is 0 Å². The van der Waals surface area contributed by atoms with Gasteiger partial charge < -0.3 is 10.1 Å². The Labute approximate surface area is 62.3 Å². The van der Waals surface area contributed by atoms with Crippen LogP contribution in [0.15, 0.2) is 24.4 Å². The van der Waals surface area contributed by atoms with Crippen molar-refractivity contribution < 1.29 is 9.50 Å². The van der Waals surface area contributed by atoms with Gasteiger partial charge in [0.2, 0.25) is 0 Å². The number of phenols is 1. The van der Waals surface area contributed by atoms with Gasteiger partial charge in [0.15, 0.2) is 11.6 Å². The van der Waals surface area contributed by atoms with Crippen LogP contribution in [0, 0.1) is 5.82 Å². The summed E-state index contributed by atoms with van der Waals surface area (Å²) in [6.07, 6.45) is 1.70. The largest absolute Gasteiger partial charge is 0.505 e. The maximum Gasteiger partial charge on any atom is 0.165 e. The molecule has 2 N–H and O–H groups in total. The van der Waals surface area contributed by atoms with Crippen molar-refractivity contribution in [3.05, 3.63) is 30.2 Å². The molecule has 0 fully saturated rings. The van der Waals surface area contributed by atoms with E-state index >= 15 is 0 Å². The maximum absolute atomic E-state index is 12.7. The number of nitrogens with one attached hydrogen (secondary N) is 1. The Balaban J connectivity index is 2.86. The number of phenolic OH excluding ortho intramolecular Hbond substituents is 1. The SMILES string of the molecule is Oc1cc2[nH]ccc2cc1F. The van der Waals surface area contributed by atoms with Gasteiger partial charge in [-0.2, -0.15) is 0 Å². The van der Waals surface area contributed by atoms with Gasteiger partial charge in [0.05, 0.1) is 0 Å². The highest BCUT2D eigenvalue weighted by Gasteiger charge is 2.01. The number of halogens is 1. The lowest BCUT2D eigenvalue weighted by atomic mass is 10.2. The van der Waals surface area contributed by atoms with Crippen LogP contribution >= 0.6 is 0 Å². The summed E-state index contributed by atoms with van der Waals surface area (Å²) < 4.78 is 12.7. The molecule has 0 saturated carbocycles. The molecule has 2 aromatic rings. The van der Waals surface area contributed by atoms with E-state index in [4.69, 9.17) is 5.11 Å². The van der Waals surface area contributed by atoms with E-state index in [0.717, 1.165) is 10.9 Å². The van der Waals surface area contributed by atoms with E-state index in [1.54, 1.807) is 12.3 Å². The van der Waals surface area contributed by atoms with Gasteiger partial charge in [-0.15, -0.1) is 0 Å². The third-order valence-corrected chi connectivity index (χ3v) is 1.62. The molecule has 3 heteroatoms. The van der Waals surface area contributed by atoms with Crippen molar-refractivity contribution in [1.29, 1.82) is 0 Å². The highest BCUT2D eigenvalue weighted by atomic mass is 19.1. The molecule has 0 saturated heterocycles. The molecular formula is C8H6FNO. The van der Waals surface area contributed by atoms with Gasteiger partial charge in [-0.25, -0.2) is 4.39 Å². The van der Waals surface area contributed by atoms with Crippen LogP contribution in [-0.2, 0) is 0 Å². The zero-order valence-corrected chi connectivity index (χ0v) is 5.63. The van der Waals surface area contributed by atoms with Gasteiger partial charge in [0.25, 0.3) is 0 Å². The number of aromatic hydroxyl groups is 1. The standard InChI is InChI=1S/C8H6FNO/c9-6-3-5-1-2-10-7(5)4-8(6)11/h1-4,10-11H. The Bertz CT molecular complexity index is 358. The molecule has 0 atom stereocenters. The Hall–Kier alpha value is -1.51. The molecule has 2 rings (SSSR count). The summed E-state index contributed by atoms with van der Waals surface area (Å²) in [6, 6.07) is 4.41. The maximum atomic E-state index is 12.7. The molecule has 11 heavy (non-hydrogen) atoms. The number of hydrogen-bond donors (Lipinski definition) is 2. The predicted octanol–water partition coefficient (Wildman–Crippen LogP) is 2.01. The molecule has 1 aromatic carbocycles. The van der Waals surface area contributed by atoms with Gasteiger partial charge in [0.1, 0.15) is 0 Å². The van der Waals surface area contributed by atoms with E-state index < -0.39 is 5.82 Å². The first kappa shape index (κ1) is 6.22. The van der Waals surface area contributed by atoms with Gasteiger partial charge in [-0.05, 0) is 12.1 Å². The second kappa shape index (κ2) is 1.99. The fourth-order valence-electron chi connectivity index (χ4n) is 1.06. The highest BCUT2D eigenvalue weighted by molar-refractivity contribution is 5.80. The zero-order valence-electron chi connectivity index (χ0n) is 5.63. The van der Waals surface area contributed by atoms with E-state index in [-0.39, 0.29) is 5.75 Å².